The molecule has 0 saturated carbocycles. The van der Waals surface area contributed by atoms with Crippen LogP contribution in [-0.4, -0.2) is 48.5 Å². The molecule has 1 N–H and O–H groups in total. The van der Waals surface area contributed by atoms with Crippen molar-refractivity contribution in [2.45, 2.75) is 13.5 Å². The molecule has 0 bridgehead atoms. The van der Waals surface area contributed by atoms with E-state index in [0.717, 1.165) is 20.6 Å². The Labute approximate surface area is 185 Å². The Kier molecular flexibility index (Phi) is 7.96. The molecule has 0 fully saturated rings. The maximum atomic E-state index is 12.5. The van der Waals surface area contributed by atoms with E-state index >= 15 is 0 Å². The first-order chi connectivity index (χ1) is 14.1. The van der Waals surface area contributed by atoms with Crippen LogP contribution < -0.4 is 23.8 Å². The number of sulfonamides is 1. The fourth-order valence-electron chi connectivity index (χ4n) is 2.81. The zero-order chi connectivity index (χ0) is 22.5. The summed E-state index contributed by atoms with van der Waals surface area (Å²) in [6.07, 6.45) is 1.07. The SMILES string of the molecule is COc1cc(CNC(=O)CN(c2ccc(Br)c(C)c2)S(C)(=O)=O)cc(OC)c1OC. The van der Waals surface area contributed by atoms with Crippen molar-refractivity contribution < 1.29 is 27.4 Å². The summed E-state index contributed by atoms with van der Waals surface area (Å²) < 4.78 is 42.3. The van der Waals surface area contributed by atoms with Gasteiger partial charge in [0.05, 0.1) is 33.3 Å². The third-order valence-electron chi connectivity index (χ3n) is 4.33. The molecule has 10 heteroatoms. The van der Waals surface area contributed by atoms with E-state index < -0.39 is 15.9 Å². The van der Waals surface area contributed by atoms with Crippen molar-refractivity contribution in [3.05, 3.63) is 45.9 Å². The van der Waals surface area contributed by atoms with Crippen LogP contribution in [0.25, 0.3) is 0 Å². The Balaban J connectivity index is 2.18. The van der Waals surface area contributed by atoms with E-state index in [2.05, 4.69) is 21.2 Å². The van der Waals surface area contributed by atoms with Gasteiger partial charge < -0.3 is 19.5 Å². The van der Waals surface area contributed by atoms with E-state index in [1.165, 1.54) is 21.3 Å². The molecular weight excluding hydrogens is 476 g/mol. The topological polar surface area (TPSA) is 94.2 Å². The van der Waals surface area contributed by atoms with Gasteiger partial charge in [0.15, 0.2) is 11.5 Å². The number of amides is 1. The highest BCUT2D eigenvalue weighted by molar-refractivity contribution is 9.10. The van der Waals surface area contributed by atoms with Gasteiger partial charge in [0, 0.05) is 11.0 Å². The minimum Gasteiger partial charge on any atom is -0.493 e. The molecule has 0 aliphatic heterocycles. The van der Waals surface area contributed by atoms with Gasteiger partial charge >= 0.3 is 0 Å². The Morgan fingerprint density at radius 2 is 1.67 bits per heavy atom. The molecule has 0 radical (unpaired) electrons. The Morgan fingerprint density at radius 1 is 1.07 bits per heavy atom. The average Bonchev–Trinajstić information content (AvgIpc) is 2.70. The number of aryl methyl sites for hydroxylation is 1. The number of methoxy groups -OCH3 is 3. The number of benzene rings is 2. The van der Waals surface area contributed by atoms with Crippen LogP contribution in [0.15, 0.2) is 34.8 Å². The molecule has 0 atom stereocenters. The number of nitrogens with zero attached hydrogens (tertiary/aromatic N) is 1. The summed E-state index contributed by atoms with van der Waals surface area (Å²) in [5, 5.41) is 2.73. The quantitative estimate of drug-likeness (QED) is 0.568. The average molecular weight is 501 g/mol. The minimum absolute atomic E-state index is 0.159. The third kappa shape index (κ3) is 5.79. The Hall–Kier alpha value is -2.46. The molecule has 0 aliphatic rings. The summed E-state index contributed by atoms with van der Waals surface area (Å²) in [4.78, 5) is 12.5. The zero-order valence-corrected chi connectivity index (χ0v) is 19.9. The molecule has 0 spiro atoms. The van der Waals surface area contributed by atoms with Crippen LogP contribution >= 0.6 is 15.9 Å². The number of hydrogen-bond acceptors (Lipinski definition) is 6. The molecule has 1 amide bonds. The molecule has 2 rings (SSSR count). The molecule has 0 saturated heterocycles. The van der Waals surface area contributed by atoms with Crippen molar-refractivity contribution in [2.75, 3.05) is 38.4 Å². The summed E-state index contributed by atoms with van der Waals surface area (Å²) >= 11 is 3.39. The first-order valence-corrected chi connectivity index (χ1v) is 11.5. The summed E-state index contributed by atoms with van der Waals surface area (Å²) in [6, 6.07) is 8.53. The summed E-state index contributed by atoms with van der Waals surface area (Å²) in [5.74, 6) is 0.923. The molecule has 2 aromatic carbocycles. The van der Waals surface area contributed by atoms with E-state index in [0.29, 0.717) is 28.5 Å². The van der Waals surface area contributed by atoms with Crippen LogP contribution in [0, 0.1) is 6.92 Å². The van der Waals surface area contributed by atoms with Crippen molar-refractivity contribution in [1.29, 1.82) is 0 Å². The first kappa shape index (κ1) is 23.8. The molecule has 164 valence electrons. The first-order valence-electron chi connectivity index (χ1n) is 8.90. The maximum Gasteiger partial charge on any atom is 0.241 e. The number of nitrogens with one attached hydrogen (secondary N) is 1. The molecule has 0 heterocycles. The fraction of sp³-hybridized carbons (Fsp3) is 0.350. The van der Waals surface area contributed by atoms with Crippen LogP contribution in [0.5, 0.6) is 17.2 Å². The molecule has 30 heavy (non-hydrogen) atoms. The predicted octanol–water partition coefficient (Wildman–Crippen LogP) is 2.87. The lowest BCUT2D eigenvalue weighted by Crippen LogP contribution is -2.40. The number of carbonyl (C=O) groups is 1. The maximum absolute atomic E-state index is 12.5. The molecule has 2 aromatic rings. The highest BCUT2D eigenvalue weighted by Crippen LogP contribution is 2.38. The lowest BCUT2D eigenvalue weighted by molar-refractivity contribution is -0.119. The standard InChI is InChI=1S/C20H25BrN2O6S/c1-13-8-15(6-7-16(13)21)23(30(5,25)26)12-19(24)22-11-14-9-17(27-2)20(29-4)18(10-14)28-3/h6-10H,11-12H2,1-5H3,(H,22,24). The summed E-state index contributed by atoms with van der Waals surface area (Å²) in [7, 11) is 0.858. The normalized spacial score (nSPS) is 11.0. The monoisotopic (exact) mass is 500 g/mol. The molecule has 0 aromatic heterocycles. The number of ether oxygens (including phenoxy) is 3. The van der Waals surface area contributed by atoms with Crippen LogP contribution in [0.1, 0.15) is 11.1 Å². The van der Waals surface area contributed by atoms with Crippen molar-refractivity contribution >= 4 is 37.5 Å². The van der Waals surface area contributed by atoms with Crippen molar-refractivity contribution in [3.63, 3.8) is 0 Å². The summed E-state index contributed by atoms with van der Waals surface area (Å²) in [6.45, 7) is 1.66. The zero-order valence-electron chi connectivity index (χ0n) is 17.5. The lowest BCUT2D eigenvalue weighted by atomic mass is 10.1. The van der Waals surface area contributed by atoms with Gasteiger partial charge in [-0.1, -0.05) is 15.9 Å². The highest BCUT2D eigenvalue weighted by Gasteiger charge is 2.21. The smallest absolute Gasteiger partial charge is 0.241 e. The number of anilines is 1. The van der Waals surface area contributed by atoms with Gasteiger partial charge in [0.2, 0.25) is 21.7 Å². The van der Waals surface area contributed by atoms with Crippen LogP contribution in [0.4, 0.5) is 5.69 Å². The van der Waals surface area contributed by atoms with Gasteiger partial charge in [-0.15, -0.1) is 0 Å². The van der Waals surface area contributed by atoms with E-state index in [-0.39, 0.29) is 13.1 Å². The van der Waals surface area contributed by atoms with Crippen LogP contribution in [0.2, 0.25) is 0 Å². The van der Waals surface area contributed by atoms with E-state index in [9.17, 15) is 13.2 Å². The van der Waals surface area contributed by atoms with Crippen LogP contribution in [-0.2, 0) is 21.4 Å². The minimum atomic E-state index is -3.66. The largest absolute Gasteiger partial charge is 0.493 e. The second-order valence-corrected chi connectivity index (χ2v) is 9.27. The fourth-order valence-corrected chi connectivity index (χ4v) is 3.90. The van der Waals surface area contributed by atoms with Crippen LogP contribution in [0.3, 0.4) is 0 Å². The molecule has 8 nitrogen and oxygen atoms in total. The lowest BCUT2D eigenvalue weighted by Gasteiger charge is -2.22. The van der Waals surface area contributed by atoms with Gasteiger partial charge in [-0.3, -0.25) is 9.10 Å². The predicted molar refractivity (Wildman–Crippen MR) is 119 cm³/mol. The summed E-state index contributed by atoms with van der Waals surface area (Å²) in [5.41, 5.74) is 1.99. The van der Waals surface area contributed by atoms with Gasteiger partial charge in [0.25, 0.3) is 0 Å². The molecule has 0 aliphatic carbocycles. The number of hydrogen-bond donors (Lipinski definition) is 1. The molecular formula is C20H25BrN2O6S. The highest BCUT2D eigenvalue weighted by atomic mass is 79.9. The molecule has 0 unspecified atom stereocenters. The van der Waals surface area contributed by atoms with Crippen molar-refractivity contribution in [1.82, 2.24) is 5.32 Å². The second kappa shape index (κ2) is 10.0. The van der Waals surface area contributed by atoms with Crippen molar-refractivity contribution in [3.8, 4) is 17.2 Å². The van der Waals surface area contributed by atoms with Gasteiger partial charge in [0.1, 0.15) is 6.54 Å². The van der Waals surface area contributed by atoms with Gasteiger partial charge in [-0.2, -0.15) is 0 Å². The Bertz CT molecular complexity index is 1000. The van der Waals surface area contributed by atoms with Gasteiger partial charge in [-0.05, 0) is 48.4 Å². The number of carbonyl (C=O) groups excluding carboxylic acids is 1. The van der Waals surface area contributed by atoms with Crippen molar-refractivity contribution in [2.24, 2.45) is 0 Å². The van der Waals surface area contributed by atoms with Gasteiger partial charge in [-0.25, -0.2) is 8.42 Å². The number of rotatable bonds is 9. The third-order valence-corrected chi connectivity index (χ3v) is 6.36. The second-order valence-electron chi connectivity index (χ2n) is 6.51. The van der Waals surface area contributed by atoms with E-state index in [4.69, 9.17) is 14.2 Å². The van der Waals surface area contributed by atoms with E-state index in [1.54, 1.807) is 30.3 Å². The Morgan fingerprint density at radius 3 is 2.13 bits per heavy atom. The number of halogens is 1. The van der Waals surface area contributed by atoms with E-state index in [1.807, 2.05) is 6.92 Å².